The number of rotatable bonds is 8. The number of esters is 1. The molecule has 0 heterocycles. The Morgan fingerprint density at radius 3 is 2.52 bits per heavy atom. The van der Waals surface area contributed by atoms with E-state index in [-0.39, 0.29) is 17.3 Å². The zero-order valence-electron chi connectivity index (χ0n) is 20.8. The third-order valence-electron chi connectivity index (χ3n) is 6.17. The first-order chi connectivity index (χ1) is 15.6. The summed E-state index contributed by atoms with van der Waals surface area (Å²) >= 11 is 0. The zero-order valence-corrected chi connectivity index (χ0v) is 20.8. The van der Waals surface area contributed by atoms with Crippen LogP contribution < -0.4 is 5.73 Å². The van der Waals surface area contributed by atoms with Gasteiger partial charge in [-0.15, -0.1) is 0 Å². The zero-order chi connectivity index (χ0) is 24.6. The van der Waals surface area contributed by atoms with Crippen molar-refractivity contribution >= 4 is 11.9 Å². The molecule has 0 saturated heterocycles. The highest BCUT2D eigenvalue weighted by molar-refractivity contribution is 5.91. The fraction of sp³-hybridized carbons (Fsp3) is 0.379. The van der Waals surface area contributed by atoms with Crippen LogP contribution in [0.3, 0.4) is 0 Å². The molecule has 1 unspecified atom stereocenters. The number of benzene rings is 1. The molecule has 1 aromatic carbocycles. The van der Waals surface area contributed by atoms with Gasteiger partial charge >= 0.3 is 5.97 Å². The number of hydrogen-bond donors (Lipinski definition) is 1. The summed E-state index contributed by atoms with van der Waals surface area (Å²) in [6.45, 7) is 12.8. The first kappa shape index (κ1) is 26.1. The Balaban J connectivity index is 2.37. The van der Waals surface area contributed by atoms with Crippen LogP contribution in [0.2, 0.25) is 0 Å². The SMILES string of the molecule is CCOC(=O)c1ccccc1C1CCC(C)(C)C(/C=C/C(C)=C/C=C/C(C)=C/C(N)=O)=C1C. The Morgan fingerprint density at radius 2 is 1.85 bits per heavy atom. The molecule has 176 valence electrons. The van der Waals surface area contributed by atoms with Gasteiger partial charge in [-0.2, -0.15) is 0 Å². The van der Waals surface area contributed by atoms with E-state index in [1.165, 1.54) is 17.2 Å². The van der Waals surface area contributed by atoms with Crippen molar-refractivity contribution in [3.8, 4) is 0 Å². The number of primary amides is 1. The summed E-state index contributed by atoms with van der Waals surface area (Å²) in [4.78, 5) is 23.5. The minimum absolute atomic E-state index is 0.0485. The van der Waals surface area contributed by atoms with Gasteiger partial charge < -0.3 is 10.5 Å². The second-order valence-electron chi connectivity index (χ2n) is 9.27. The summed E-state index contributed by atoms with van der Waals surface area (Å²) in [5, 5.41) is 0. The highest BCUT2D eigenvalue weighted by Gasteiger charge is 2.34. The lowest BCUT2D eigenvalue weighted by molar-refractivity contribution is -0.113. The molecule has 4 heteroatoms. The van der Waals surface area contributed by atoms with Gasteiger partial charge in [-0.05, 0) is 68.7 Å². The summed E-state index contributed by atoms with van der Waals surface area (Å²) < 4.78 is 5.30. The Hall–Kier alpha value is -3.14. The second kappa shape index (κ2) is 11.6. The van der Waals surface area contributed by atoms with Crippen molar-refractivity contribution in [1.29, 1.82) is 0 Å². The minimum atomic E-state index is -0.446. The molecule has 0 radical (unpaired) electrons. The van der Waals surface area contributed by atoms with Crippen LogP contribution in [0.5, 0.6) is 0 Å². The first-order valence-corrected chi connectivity index (χ1v) is 11.5. The average Bonchev–Trinajstić information content (AvgIpc) is 2.73. The molecule has 1 aliphatic carbocycles. The fourth-order valence-electron chi connectivity index (χ4n) is 4.41. The van der Waals surface area contributed by atoms with Crippen molar-refractivity contribution in [2.24, 2.45) is 11.1 Å². The van der Waals surface area contributed by atoms with E-state index in [4.69, 9.17) is 10.5 Å². The average molecular weight is 448 g/mol. The quantitative estimate of drug-likeness (QED) is 0.278. The van der Waals surface area contributed by atoms with Crippen LogP contribution in [0.4, 0.5) is 0 Å². The van der Waals surface area contributed by atoms with Crippen molar-refractivity contribution in [2.45, 2.75) is 60.3 Å². The number of carbonyl (C=O) groups is 2. The normalized spacial score (nSPS) is 19.4. The van der Waals surface area contributed by atoms with Crippen molar-refractivity contribution in [1.82, 2.24) is 0 Å². The summed E-state index contributed by atoms with van der Waals surface area (Å²) in [5.74, 6) is -0.517. The number of amides is 1. The highest BCUT2D eigenvalue weighted by atomic mass is 16.5. The van der Waals surface area contributed by atoms with E-state index in [0.29, 0.717) is 12.2 Å². The molecule has 1 aliphatic rings. The number of ether oxygens (including phenoxy) is 1. The van der Waals surface area contributed by atoms with Crippen molar-refractivity contribution in [3.05, 3.63) is 94.1 Å². The van der Waals surface area contributed by atoms with Crippen molar-refractivity contribution in [2.75, 3.05) is 6.61 Å². The summed E-state index contributed by atoms with van der Waals surface area (Å²) in [6.07, 6.45) is 13.6. The van der Waals surface area contributed by atoms with Crippen LogP contribution in [0.25, 0.3) is 0 Å². The van der Waals surface area contributed by atoms with Crippen LogP contribution >= 0.6 is 0 Å². The number of nitrogens with two attached hydrogens (primary N) is 1. The fourth-order valence-corrected chi connectivity index (χ4v) is 4.41. The third-order valence-corrected chi connectivity index (χ3v) is 6.17. The summed E-state index contributed by atoms with van der Waals surface area (Å²) in [6, 6.07) is 7.81. The summed E-state index contributed by atoms with van der Waals surface area (Å²) in [7, 11) is 0. The van der Waals surface area contributed by atoms with Gasteiger partial charge in [0.05, 0.1) is 12.2 Å². The lowest BCUT2D eigenvalue weighted by atomic mass is 9.67. The summed E-state index contributed by atoms with van der Waals surface area (Å²) in [5.41, 5.74) is 11.4. The Labute approximate surface area is 198 Å². The highest BCUT2D eigenvalue weighted by Crippen LogP contribution is 2.47. The monoisotopic (exact) mass is 447 g/mol. The van der Waals surface area contributed by atoms with Gasteiger partial charge in [0.2, 0.25) is 5.91 Å². The van der Waals surface area contributed by atoms with Gasteiger partial charge in [-0.3, -0.25) is 4.79 Å². The van der Waals surface area contributed by atoms with Crippen LogP contribution in [-0.4, -0.2) is 18.5 Å². The largest absolute Gasteiger partial charge is 0.462 e. The van der Waals surface area contributed by atoms with Gasteiger partial charge in [0.15, 0.2) is 0 Å². The molecule has 0 saturated carbocycles. The van der Waals surface area contributed by atoms with E-state index in [0.717, 1.165) is 29.6 Å². The minimum Gasteiger partial charge on any atom is -0.462 e. The van der Waals surface area contributed by atoms with Gasteiger partial charge in [0, 0.05) is 12.0 Å². The first-order valence-electron chi connectivity index (χ1n) is 11.5. The molecule has 0 fully saturated rings. The molecular weight excluding hydrogens is 410 g/mol. The van der Waals surface area contributed by atoms with Crippen molar-refractivity contribution in [3.63, 3.8) is 0 Å². The van der Waals surface area contributed by atoms with Crippen molar-refractivity contribution < 1.29 is 14.3 Å². The molecule has 4 nitrogen and oxygen atoms in total. The Morgan fingerprint density at radius 1 is 1.15 bits per heavy atom. The maximum Gasteiger partial charge on any atom is 0.338 e. The van der Waals surface area contributed by atoms with E-state index in [2.05, 4.69) is 39.0 Å². The lowest BCUT2D eigenvalue weighted by Crippen LogP contribution is -2.24. The molecule has 1 aromatic rings. The molecule has 1 amide bonds. The van der Waals surface area contributed by atoms with Crippen LogP contribution in [0.1, 0.15) is 76.2 Å². The topological polar surface area (TPSA) is 69.4 Å². The van der Waals surface area contributed by atoms with Crippen LogP contribution in [-0.2, 0) is 9.53 Å². The number of allylic oxidation sites excluding steroid dienone is 9. The Bertz CT molecular complexity index is 1030. The molecule has 2 N–H and O–H groups in total. The molecule has 0 spiro atoms. The second-order valence-corrected chi connectivity index (χ2v) is 9.27. The molecular formula is C29H37NO3. The van der Waals surface area contributed by atoms with E-state index >= 15 is 0 Å². The molecule has 0 bridgehead atoms. The molecule has 0 aliphatic heterocycles. The standard InChI is InChI=1S/C29H37NO3/c1-7-33-28(32)25-14-9-8-13-24(25)23-17-18-29(5,6)26(22(23)4)16-15-20(2)11-10-12-21(3)19-27(30)31/h8-16,19,23H,7,17-18H2,1-6H3,(H2,30,31)/b12-10+,16-15+,20-11+,21-19+. The van der Waals surface area contributed by atoms with E-state index in [9.17, 15) is 9.59 Å². The Kier molecular flexibility index (Phi) is 9.22. The maximum atomic E-state index is 12.6. The predicted molar refractivity (Wildman–Crippen MR) is 136 cm³/mol. The molecule has 33 heavy (non-hydrogen) atoms. The predicted octanol–water partition coefficient (Wildman–Crippen LogP) is 6.57. The van der Waals surface area contributed by atoms with Gasteiger partial charge in [-0.1, -0.05) is 73.6 Å². The van der Waals surface area contributed by atoms with Gasteiger partial charge in [0.25, 0.3) is 0 Å². The van der Waals surface area contributed by atoms with Gasteiger partial charge in [-0.25, -0.2) is 4.79 Å². The van der Waals surface area contributed by atoms with E-state index < -0.39 is 5.91 Å². The van der Waals surface area contributed by atoms with E-state index in [1.54, 1.807) is 0 Å². The van der Waals surface area contributed by atoms with Crippen LogP contribution in [0, 0.1) is 5.41 Å². The lowest BCUT2D eigenvalue weighted by Gasteiger charge is -2.38. The smallest absolute Gasteiger partial charge is 0.338 e. The number of hydrogen-bond acceptors (Lipinski definition) is 3. The molecule has 0 aromatic heterocycles. The third kappa shape index (κ3) is 7.18. The van der Waals surface area contributed by atoms with E-state index in [1.807, 2.05) is 57.2 Å². The number of carbonyl (C=O) groups excluding carboxylic acids is 2. The van der Waals surface area contributed by atoms with Crippen LogP contribution in [0.15, 0.2) is 83.0 Å². The molecule has 2 rings (SSSR count). The van der Waals surface area contributed by atoms with Gasteiger partial charge in [0.1, 0.15) is 0 Å². The molecule has 1 atom stereocenters. The maximum absolute atomic E-state index is 12.6.